The molecule has 0 unspecified atom stereocenters. The lowest BCUT2D eigenvalue weighted by Crippen LogP contribution is -2.76. The van der Waals surface area contributed by atoms with Crippen LogP contribution in [0.4, 0.5) is 0 Å². The number of carbonyl (C=O) groups excluding carboxylic acids is 3. The van der Waals surface area contributed by atoms with E-state index in [1.54, 1.807) is 26.8 Å². The van der Waals surface area contributed by atoms with Crippen LogP contribution in [0.5, 0.6) is 0 Å². The number of carbonyl (C=O) groups is 4. The van der Waals surface area contributed by atoms with Gasteiger partial charge >= 0.3 is 17.9 Å². The minimum Gasteiger partial charge on any atom is -0.479 e. The Hall–Kier alpha value is -3.08. The molecule has 5 aliphatic carbocycles. The number of aliphatic hydroxyl groups is 10. The third-order valence-electron chi connectivity index (χ3n) is 21.1. The molecular weight excluding hydrogens is 1050 g/mol. The molecule has 0 bridgehead atoms. The highest BCUT2D eigenvalue weighted by atomic mass is 16.8. The van der Waals surface area contributed by atoms with Gasteiger partial charge in [-0.25, -0.2) is 9.59 Å². The molecule has 0 aromatic rings. The predicted octanol–water partition coefficient (Wildman–Crippen LogP) is 0.549. The largest absolute Gasteiger partial charge is 0.479 e. The first-order valence-electron chi connectivity index (χ1n) is 28.3. The Labute approximate surface area is 466 Å². The Bertz CT molecular complexity index is 2360. The van der Waals surface area contributed by atoms with Crippen LogP contribution in [0.2, 0.25) is 0 Å². The number of rotatable bonds is 14. The lowest BCUT2D eigenvalue weighted by Gasteiger charge is -2.73. The van der Waals surface area contributed by atoms with Gasteiger partial charge in [0.15, 0.2) is 31.1 Å². The highest BCUT2D eigenvalue weighted by Crippen LogP contribution is 2.76. The molecule has 4 saturated carbocycles. The van der Waals surface area contributed by atoms with Crippen LogP contribution >= 0.6 is 0 Å². The summed E-state index contributed by atoms with van der Waals surface area (Å²) in [5, 5.41) is 125. The molecule has 0 aromatic carbocycles. The molecule has 23 heteroatoms. The summed E-state index contributed by atoms with van der Waals surface area (Å²) < 4.78 is 47.4. The van der Waals surface area contributed by atoms with Crippen molar-refractivity contribution in [3.05, 3.63) is 23.3 Å². The molecule has 0 amide bonds. The van der Waals surface area contributed by atoms with Crippen LogP contribution < -0.4 is 0 Å². The summed E-state index contributed by atoms with van der Waals surface area (Å²) in [6.45, 7) is 18.8. The maximum absolute atomic E-state index is 13.9. The van der Waals surface area contributed by atoms with Crippen LogP contribution in [0.1, 0.15) is 121 Å². The summed E-state index contributed by atoms with van der Waals surface area (Å²) in [5.41, 5.74) is -5.45. The van der Waals surface area contributed by atoms with E-state index in [1.807, 2.05) is 34.6 Å². The first-order valence-corrected chi connectivity index (χ1v) is 28.3. The zero-order chi connectivity index (χ0) is 59.3. The van der Waals surface area contributed by atoms with Gasteiger partial charge in [0.05, 0.1) is 48.5 Å². The van der Waals surface area contributed by atoms with Crippen molar-refractivity contribution in [2.45, 2.75) is 238 Å². The number of aldehydes is 1. The number of aliphatic hydroxyl groups excluding tert-OH is 10. The van der Waals surface area contributed by atoms with Crippen molar-refractivity contribution in [2.24, 2.45) is 56.2 Å². The molecule has 8 aliphatic rings. The third kappa shape index (κ3) is 9.94. The van der Waals surface area contributed by atoms with Crippen molar-refractivity contribution in [2.75, 3.05) is 13.2 Å². The van der Waals surface area contributed by atoms with Gasteiger partial charge in [-0.2, -0.15) is 0 Å². The summed E-state index contributed by atoms with van der Waals surface area (Å²) in [6.07, 6.45) is -24.8. The molecular formula is C57H88O23. The molecule has 3 aliphatic heterocycles. The van der Waals surface area contributed by atoms with E-state index in [0.29, 0.717) is 31.3 Å². The molecule has 454 valence electrons. The number of fused-ring (bicyclic) bond motifs is 7. The van der Waals surface area contributed by atoms with Gasteiger partial charge in [0, 0.05) is 22.8 Å². The number of carboxylic acid groups (broad SMARTS) is 1. The number of hydrogen-bond acceptors (Lipinski definition) is 22. The normalized spacial score (nSPS) is 50.2. The average Bonchev–Trinajstić information content (AvgIpc) is 1.93. The number of esters is 2. The predicted molar refractivity (Wildman–Crippen MR) is 276 cm³/mol. The van der Waals surface area contributed by atoms with Gasteiger partial charge in [0.1, 0.15) is 67.3 Å². The molecule has 3 saturated heterocycles. The van der Waals surface area contributed by atoms with Crippen LogP contribution in [0.3, 0.4) is 0 Å². The SMILES string of the molecule is C/C=C(/C)C(=O)O[C@H]1[C@H](OC(=O)CC(C)C)[C@]2(CO)[C@H](O)[C@H](O)[C@]3(C)C(=CC[C@@H]4[C@@]5(C)CC[C@H](O[C@@H]6O[C@H](C(=O)O)[C@@H](O)[C@H](O[C@@H]7OC[C@H](O)[C@H](O[C@@H]8O[C@@H](C)[C@H](O)[C@@H](O)[C@H]8O)[C@H]7O)[C@H]6O)[C@@](C)(C=O)[C@@H]5CC[C@]43C)[C@@H]2CC1(C)C. The summed E-state index contributed by atoms with van der Waals surface area (Å²) in [5.74, 6) is -4.39. The van der Waals surface area contributed by atoms with Gasteiger partial charge in [-0.15, -0.1) is 0 Å². The molecule has 7 fully saturated rings. The van der Waals surface area contributed by atoms with E-state index in [0.717, 1.165) is 11.9 Å². The minimum absolute atomic E-state index is 0.00743. The lowest BCUT2D eigenvalue weighted by atomic mass is 9.32. The van der Waals surface area contributed by atoms with E-state index in [1.165, 1.54) is 6.92 Å². The number of carboxylic acids is 1. The van der Waals surface area contributed by atoms with Crippen molar-refractivity contribution in [3.63, 3.8) is 0 Å². The van der Waals surface area contributed by atoms with E-state index >= 15 is 0 Å². The van der Waals surface area contributed by atoms with Gasteiger partial charge < -0.3 is 98.9 Å². The van der Waals surface area contributed by atoms with Crippen LogP contribution in [0.25, 0.3) is 0 Å². The van der Waals surface area contributed by atoms with Crippen LogP contribution in [0.15, 0.2) is 23.3 Å². The quantitative estimate of drug-likeness (QED) is 0.0372. The molecule has 27 atom stereocenters. The van der Waals surface area contributed by atoms with Gasteiger partial charge in [0.25, 0.3) is 0 Å². The highest BCUT2D eigenvalue weighted by molar-refractivity contribution is 5.87. The Balaban J connectivity index is 1.06. The van der Waals surface area contributed by atoms with E-state index in [4.69, 9.17) is 37.9 Å². The van der Waals surface area contributed by atoms with Crippen molar-refractivity contribution in [3.8, 4) is 0 Å². The Morgan fingerprint density at radius 3 is 2.01 bits per heavy atom. The number of ether oxygens (including phenoxy) is 8. The van der Waals surface area contributed by atoms with Crippen LogP contribution in [-0.4, -0.2) is 210 Å². The second kappa shape index (κ2) is 22.7. The van der Waals surface area contributed by atoms with E-state index < -0.39 is 192 Å². The summed E-state index contributed by atoms with van der Waals surface area (Å²) in [6, 6.07) is 0. The van der Waals surface area contributed by atoms with E-state index in [9.17, 15) is 75.3 Å². The maximum Gasteiger partial charge on any atom is 0.335 e. The first kappa shape index (κ1) is 63.0. The van der Waals surface area contributed by atoms with Gasteiger partial charge in [-0.1, -0.05) is 73.1 Å². The second-order valence-electron chi connectivity index (χ2n) is 26.4. The Morgan fingerprint density at radius 1 is 0.762 bits per heavy atom. The standard InChI is InChI=1S/C57H88O23/c1-12-25(4)48(72)80-45-46(76-33(61)19-24(2)3)57(23-59)28(20-52(45,6)7)27-13-14-31-53(8)17-16-32(54(9,22-58)30(53)15-18-55(31,10)56(27,11)43(68)44(57)69)75-51-39(67)41(37(65)42(79-51)47(70)71)78-49-38(66)40(29(60)21-73-49)77-50-36(64)35(63)34(62)26(5)74-50/h12-13,22,24,26,28-32,34-46,49-51,59-60,62-69H,14-21,23H2,1-11H3,(H,70,71)/b25-12-/t26-,28-,29-,30+,31+,32-,34-,35+,36+,37-,38+,39+,40-,41-,42-,43-,44+,45-,46-,49-,50-,51+,53-,54-,55+,56-,57-/m0/s1. The zero-order valence-electron chi connectivity index (χ0n) is 47.7. The minimum atomic E-state index is -2.10. The molecule has 0 radical (unpaired) electrons. The van der Waals surface area contributed by atoms with Crippen LogP contribution in [-0.2, 0) is 57.1 Å². The number of aliphatic carboxylic acids is 1. The molecule has 3 heterocycles. The third-order valence-corrected chi connectivity index (χ3v) is 21.1. The van der Waals surface area contributed by atoms with Gasteiger partial charge in [0.2, 0.25) is 0 Å². The van der Waals surface area contributed by atoms with Crippen molar-refractivity contribution in [1.82, 2.24) is 0 Å². The van der Waals surface area contributed by atoms with Crippen molar-refractivity contribution in [1.29, 1.82) is 0 Å². The number of allylic oxidation sites excluding steroid dienone is 2. The topological polar surface area (TPSA) is 365 Å². The Morgan fingerprint density at radius 2 is 1.40 bits per heavy atom. The fourth-order valence-electron chi connectivity index (χ4n) is 16.2. The second-order valence-corrected chi connectivity index (χ2v) is 26.4. The van der Waals surface area contributed by atoms with Crippen LogP contribution in [0, 0.1) is 56.2 Å². The molecule has 11 N–H and O–H groups in total. The first-order chi connectivity index (χ1) is 37.3. The van der Waals surface area contributed by atoms with Gasteiger partial charge in [-0.3, -0.25) is 4.79 Å². The molecule has 23 nitrogen and oxygen atoms in total. The fraction of sp³-hybridized carbons (Fsp3) is 0.860. The summed E-state index contributed by atoms with van der Waals surface area (Å²) in [4.78, 5) is 53.8. The average molecular weight is 1140 g/mol. The molecule has 0 aromatic heterocycles. The lowest BCUT2D eigenvalue weighted by molar-refractivity contribution is -0.370. The monoisotopic (exact) mass is 1140 g/mol. The maximum atomic E-state index is 13.9. The summed E-state index contributed by atoms with van der Waals surface area (Å²) >= 11 is 0. The van der Waals surface area contributed by atoms with Gasteiger partial charge in [-0.05, 0) is 93.8 Å². The molecule has 0 spiro atoms. The van der Waals surface area contributed by atoms with Crippen molar-refractivity contribution >= 4 is 24.2 Å². The number of hydrogen-bond donors (Lipinski definition) is 11. The van der Waals surface area contributed by atoms with Crippen molar-refractivity contribution < 1.29 is 113 Å². The fourth-order valence-corrected chi connectivity index (χ4v) is 16.2. The summed E-state index contributed by atoms with van der Waals surface area (Å²) in [7, 11) is 0. The molecule has 80 heavy (non-hydrogen) atoms. The van der Waals surface area contributed by atoms with E-state index in [2.05, 4.69) is 19.9 Å². The Kier molecular flexibility index (Phi) is 17.9. The zero-order valence-corrected chi connectivity index (χ0v) is 47.7. The molecule has 8 rings (SSSR count). The van der Waals surface area contributed by atoms with E-state index in [-0.39, 0.29) is 31.1 Å². The smallest absolute Gasteiger partial charge is 0.335 e. The highest BCUT2D eigenvalue weighted by Gasteiger charge is 2.77.